The minimum Gasteiger partial charge on any atom is -0.436 e. The van der Waals surface area contributed by atoms with E-state index in [1.165, 1.54) is 12.1 Å². The maximum atomic E-state index is 13.9. The van der Waals surface area contributed by atoms with Gasteiger partial charge in [-0.25, -0.2) is 14.0 Å². The van der Waals surface area contributed by atoms with Gasteiger partial charge in [0, 0.05) is 59.8 Å². The van der Waals surface area contributed by atoms with Gasteiger partial charge < -0.3 is 24.8 Å². The van der Waals surface area contributed by atoms with Crippen molar-refractivity contribution in [1.82, 2.24) is 14.7 Å². The zero-order chi connectivity index (χ0) is 32.2. The minimum absolute atomic E-state index is 0.0123. The Morgan fingerprint density at radius 2 is 1.57 bits per heavy atom. The van der Waals surface area contributed by atoms with Crippen LogP contribution in [0.25, 0.3) is 0 Å². The van der Waals surface area contributed by atoms with Crippen LogP contribution in [0.5, 0.6) is 0 Å². The monoisotopic (exact) mass is 754 g/mol. The molecule has 1 N–H and O–H groups in total. The van der Waals surface area contributed by atoms with Crippen LogP contribution >= 0.6 is 31.9 Å². The van der Waals surface area contributed by atoms with Gasteiger partial charge in [0.05, 0.1) is 0 Å². The first-order valence-electron chi connectivity index (χ1n) is 15.8. The molecule has 3 aromatic rings. The number of ether oxygens (including phenoxy) is 1. The van der Waals surface area contributed by atoms with Crippen LogP contribution < -0.4 is 5.32 Å². The second-order valence-electron chi connectivity index (χ2n) is 12.2. The van der Waals surface area contributed by atoms with E-state index in [1.54, 1.807) is 9.80 Å². The van der Waals surface area contributed by atoms with Crippen molar-refractivity contribution in [3.63, 3.8) is 0 Å². The molecule has 0 aromatic heterocycles. The van der Waals surface area contributed by atoms with Crippen LogP contribution in [-0.2, 0) is 22.4 Å². The van der Waals surface area contributed by atoms with E-state index in [1.807, 2.05) is 59.5 Å². The smallest absolute Gasteiger partial charge is 0.410 e. The number of carbonyl (C=O) groups is 3. The standard InChI is InChI=1S/C35H37Br2FN4O4/c36-29-10-5-23(21-30(29)37)22-32(33(43)40-16-11-25(12-17-40)24-6-8-27(38)9-7-24)46-35(45)41-18-14-28(15-19-41)42-20-13-26-3-1-2-4-31(26)39-34(42)44/h1-10,21,25,28,32H,11-20,22H2,(H,39,44)/t32-/m1/s1. The molecule has 2 fully saturated rings. The van der Waals surface area contributed by atoms with Gasteiger partial charge in [-0.15, -0.1) is 0 Å². The van der Waals surface area contributed by atoms with Crippen molar-refractivity contribution in [3.05, 3.63) is 98.2 Å². The summed E-state index contributed by atoms with van der Waals surface area (Å²) in [7, 11) is 0. The molecule has 0 aliphatic carbocycles. The Balaban J connectivity index is 1.08. The van der Waals surface area contributed by atoms with E-state index in [2.05, 4.69) is 37.2 Å². The van der Waals surface area contributed by atoms with Crippen molar-refractivity contribution < 1.29 is 23.5 Å². The molecule has 3 aliphatic heterocycles. The topological polar surface area (TPSA) is 82.2 Å². The van der Waals surface area contributed by atoms with E-state index in [4.69, 9.17) is 4.74 Å². The van der Waals surface area contributed by atoms with Gasteiger partial charge in [-0.2, -0.15) is 0 Å². The van der Waals surface area contributed by atoms with Crippen LogP contribution in [0.2, 0.25) is 0 Å². The third kappa shape index (κ3) is 7.57. The van der Waals surface area contributed by atoms with E-state index >= 15 is 0 Å². The van der Waals surface area contributed by atoms with Crippen molar-refractivity contribution in [3.8, 4) is 0 Å². The summed E-state index contributed by atoms with van der Waals surface area (Å²) in [6, 6.07) is 20.1. The zero-order valence-corrected chi connectivity index (χ0v) is 28.6. The molecule has 4 amide bonds. The fourth-order valence-corrected chi connectivity index (χ4v) is 7.40. The van der Waals surface area contributed by atoms with Gasteiger partial charge in [-0.05, 0) is 117 Å². The minimum atomic E-state index is -0.976. The number of fused-ring (bicyclic) bond motifs is 1. The fourth-order valence-electron chi connectivity index (χ4n) is 6.73. The van der Waals surface area contributed by atoms with Crippen molar-refractivity contribution in [2.75, 3.05) is 38.0 Å². The Hall–Kier alpha value is -3.44. The predicted molar refractivity (Wildman–Crippen MR) is 181 cm³/mol. The molecule has 8 nitrogen and oxygen atoms in total. The van der Waals surface area contributed by atoms with Crippen molar-refractivity contribution >= 4 is 55.6 Å². The number of piperidine rings is 2. The Kier molecular flexibility index (Phi) is 10.3. The summed E-state index contributed by atoms with van der Waals surface area (Å²) < 4.78 is 21.2. The number of nitrogens with one attached hydrogen (secondary N) is 1. The number of halogens is 3. The number of amides is 4. The Bertz CT molecular complexity index is 1570. The number of hydrogen-bond acceptors (Lipinski definition) is 4. The molecular weight excluding hydrogens is 719 g/mol. The molecule has 6 rings (SSSR count). The van der Waals surface area contributed by atoms with Crippen LogP contribution in [-0.4, -0.2) is 77.6 Å². The van der Waals surface area contributed by atoms with Gasteiger partial charge >= 0.3 is 12.1 Å². The molecule has 1 atom stereocenters. The summed E-state index contributed by atoms with van der Waals surface area (Å²) in [4.78, 5) is 45.8. The second-order valence-corrected chi connectivity index (χ2v) is 13.9. The Morgan fingerprint density at radius 1 is 0.870 bits per heavy atom. The van der Waals surface area contributed by atoms with Crippen molar-refractivity contribution in [2.24, 2.45) is 0 Å². The third-order valence-electron chi connectivity index (χ3n) is 9.38. The first-order valence-corrected chi connectivity index (χ1v) is 17.4. The van der Waals surface area contributed by atoms with Gasteiger partial charge in [0.25, 0.3) is 5.91 Å². The zero-order valence-electron chi connectivity index (χ0n) is 25.5. The summed E-state index contributed by atoms with van der Waals surface area (Å²) in [6.45, 7) is 2.56. The molecule has 3 aromatic carbocycles. The normalized spacial score (nSPS) is 18.4. The highest BCUT2D eigenvalue weighted by Crippen LogP contribution is 2.30. The molecule has 11 heteroatoms. The number of benzene rings is 3. The van der Waals surface area contributed by atoms with E-state index < -0.39 is 12.2 Å². The number of anilines is 1. The number of urea groups is 1. The van der Waals surface area contributed by atoms with Gasteiger partial charge in [0.2, 0.25) is 0 Å². The highest BCUT2D eigenvalue weighted by Gasteiger charge is 2.35. The van der Waals surface area contributed by atoms with Crippen LogP contribution in [0.15, 0.2) is 75.7 Å². The fraction of sp³-hybridized carbons (Fsp3) is 0.400. The number of rotatable bonds is 6. The first-order chi connectivity index (χ1) is 22.2. The van der Waals surface area contributed by atoms with E-state index in [-0.39, 0.29) is 36.1 Å². The molecule has 46 heavy (non-hydrogen) atoms. The van der Waals surface area contributed by atoms with Crippen molar-refractivity contribution in [1.29, 1.82) is 0 Å². The largest absolute Gasteiger partial charge is 0.436 e. The molecule has 0 saturated carbocycles. The first kappa shape index (κ1) is 32.5. The Labute approximate surface area is 285 Å². The number of hydrogen-bond donors (Lipinski definition) is 1. The lowest BCUT2D eigenvalue weighted by molar-refractivity contribution is -0.142. The summed E-state index contributed by atoms with van der Waals surface area (Å²) in [5, 5.41) is 3.04. The molecule has 242 valence electrons. The van der Waals surface area contributed by atoms with Gasteiger partial charge in [0.1, 0.15) is 5.82 Å². The number of nitrogens with zero attached hydrogens (tertiary/aromatic N) is 3. The average Bonchev–Trinajstić information content (AvgIpc) is 3.24. The van der Waals surface area contributed by atoms with Gasteiger partial charge in [-0.3, -0.25) is 4.79 Å². The lowest BCUT2D eigenvalue weighted by Crippen LogP contribution is -2.51. The molecule has 0 radical (unpaired) electrons. The van der Waals surface area contributed by atoms with E-state index in [9.17, 15) is 18.8 Å². The maximum absolute atomic E-state index is 13.9. The molecule has 2 saturated heterocycles. The number of likely N-dealkylation sites (tertiary alicyclic amines) is 2. The lowest BCUT2D eigenvalue weighted by atomic mass is 9.89. The summed E-state index contributed by atoms with van der Waals surface area (Å²) in [5.41, 5.74) is 3.91. The Morgan fingerprint density at radius 3 is 2.28 bits per heavy atom. The summed E-state index contributed by atoms with van der Waals surface area (Å²) >= 11 is 7.03. The number of para-hydroxylation sites is 1. The SMILES string of the molecule is O=C(O[C@H](Cc1ccc(Br)c(Br)c1)C(=O)N1CCC(c2ccc(F)cc2)CC1)N1CCC(N2CCc3ccccc3NC2=O)CC1. The van der Waals surface area contributed by atoms with Crippen LogP contribution in [0.1, 0.15) is 48.3 Å². The van der Waals surface area contributed by atoms with Gasteiger partial charge in [-0.1, -0.05) is 36.4 Å². The predicted octanol–water partition coefficient (Wildman–Crippen LogP) is 7.36. The maximum Gasteiger partial charge on any atom is 0.410 e. The highest BCUT2D eigenvalue weighted by molar-refractivity contribution is 9.13. The molecule has 3 heterocycles. The average molecular weight is 757 g/mol. The van der Waals surface area contributed by atoms with E-state index in [0.29, 0.717) is 45.6 Å². The highest BCUT2D eigenvalue weighted by atomic mass is 79.9. The van der Waals surface area contributed by atoms with E-state index in [0.717, 1.165) is 50.6 Å². The second kappa shape index (κ2) is 14.5. The summed E-state index contributed by atoms with van der Waals surface area (Å²) in [5.74, 6) is -0.223. The van der Waals surface area contributed by atoms with Crippen LogP contribution in [0.3, 0.4) is 0 Å². The molecule has 3 aliphatic rings. The van der Waals surface area contributed by atoms with Crippen molar-refractivity contribution in [2.45, 2.75) is 56.6 Å². The quantitative estimate of drug-likeness (QED) is 0.285. The summed E-state index contributed by atoms with van der Waals surface area (Å²) in [6.07, 6.45) is 2.31. The molecular formula is C35H37Br2FN4O4. The molecule has 0 spiro atoms. The van der Waals surface area contributed by atoms with Gasteiger partial charge in [0.15, 0.2) is 6.10 Å². The van der Waals surface area contributed by atoms with Crippen LogP contribution in [0.4, 0.5) is 19.7 Å². The molecule has 0 bridgehead atoms. The molecule has 0 unspecified atom stereocenters. The third-order valence-corrected chi connectivity index (χ3v) is 11.3. The van der Waals surface area contributed by atoms with Crippen LogP contribution in [0, 0.1) is 5.82 Å². The number of carbonyl (C=O) groups excluding carboxylic acids is 3. The lowest BCUT2D eigenvalue weighted by Gasteiger charge is -2.38.